The molecule has 0 saturated carbocycles. The molecule has 0 bridgehead atoms. The molecule has 23 heavy (non-hydrogen) atoms. The first kappa shape index (κ1) is 14.1. The third-order valence-corrected chi connectivity index (χ3v) is 4.31. The van der Waals surface area contributed by atoms with E-state index >= 15 is 0 Å². The zero-order valence-electron chi connectivity index (χ0n) is 13.1. The Morgan fingerprint density at radius 1 is 1.09 bits per heavy atom. The largest absolute Gasteiger partial charge is 0.353 e. The molecule has 0 spiro atoms. The lowest BCUT2D eigenvalue weighted by molar-refractivity contribution is 0.249. The predicted octanol–water partition coefficient (Wildman–Crippen LogP) is 1.08. The van der Waals surface area contributed by atoms with Crippen molar-refractivity contribution in [2.45, 2.75) is 6.54 Å². The summed E-state index contributed by atoms with van der Waals surface area (Å²) in [5.74, 6) is 0.990. The van der Waals surface area contributed by atoms with Crippen LogP contribution in [0.25, 0.3) is 11.0 Å². The highest BCUT2D eigenvalue weighted by molar-refractivity contribution is 5.86. The SMILES string of the molecule is Cn1ncc2c(N3CCN(Cc4cccnc4)CC3)ncnc21. The minimum Gasteiger partial charge on any atom is -0.353 e. The first-order chi connectivity index (χ1) is 11.3. The summed E-state index contributed by atoms with van der Waals surface area (Å²) in [5.41, 5.74) is 2.14. The Morgan fingerprint density at radius 3 is 2.74 bits per heavy atom. The third-order valence-electron chi connectivity index (χ3n) is 4.31. The summed E-state index contributed by atoms with van der Waals surface area (Å²) in [7, 11) is 1.91. The van der Waals surface area contributed by atoms with Gasteiger partial charge in [0.1, 0.15) is 12.1 Å². The van der Waals surface area contributed by atoms with Crippen molar-refractivity contribution in [3.8, 4) is 0 Å². The Morgan fingerprint density at radius 2 is 1.96 bits per heavy atom. The van der Waals surface area contributed by atoms with Crippen LogP contribution in [0.3, 0.4) is 0 Å². The first-order valence-corrected chi connectivity index (χ1v) is 7.80. The van der Waals surface area contributed by atoms with Gasteiger partial charge in [-0.15, -0.1) is 0 Å². The van der Waals surface area contributed by atoms with Crippen LogP contribution in [0.4, 0.5) is 5.82 Å². The number of rotatable bonds is 3. The predicted molar refractivity (Wildman–Crippen MR) is 88.0 cm³/mol. The maximum atomic E-state index is 4.49. The van der Waals surface area contributed by atoms with E-state index in [9.17, 15) is 0 Å². The van der Waals surface area contributed by atoms with E-state index in [0.29, 0.717) is 0 Å². The number of hydrogen-bond acceptors (Lipinski definition) is 6. The van der Waals surface area contributed by atoms with Gasteiger partial charge in [0.25, 0.3) is 0 Å². The number of nitrogens with zero attached hydrogens (tertiary/aromatic N) is 7. The van der Waals surface area contributed by atoms with E-state index < -0.39 is 0 Å². The van der Waals surface area contributed by atoms with E-state index in [1.807, 2.05) is 31.7 Å². The van der Waals surface area contributed by atoms with E-state index in [4.69, 9.17) is 0 Å². The van der Waals surface area contributed by atoms with Gasteiger partial charge in [0.15, 0.2) is 5.65 Å². The molecule has 4 rings (SSSR count). The summed E-state index contributed by atoms with van der Waals surface area (Å²) >= 11 is 0. The first-order valence-electron chi connectivity index (χ1n) is 7.80. The van der Waals surface area contributed by atoms with Crippen LogP contribution in [-0.4, -0.2) is 55.8 Å². The summed E-state index contributed by atoms with van der Waals surface area (Å²) in [4.78, 5) is 17.8. The lowest BCUT2D eigenvalue weighted by atomic mass is 10.2. The van der Waals surface area contributed by atoms with Crippen molar-refractivity contribution in [2.24, 2.45) is 7.05 Å². The average Bonchev–Trinajstić information content (AvgIpc) is 2.98. The van der Waals surface area contributed by atoms with Crippen LogP contribution in [0.15, 0.2) is 37.1 Å². The second-order valence-electron chi connectivity index (χ2n) is 5.83. The molecule has 0 unspecified atom stereocenters. The molecule has 7 nitrogen and oxygen atoms in total. The van der Waals surface area contributed by atoms with Gasteiger partial charge in [-0.25, -0.2) is 9.97 Å². The minimum absolute atomic E-state index is 0.882. The Balaban J connectivity index is 1.47. The van der Waals surface area contributed by atoms with E-state index in [1.165, 1.54) is 5.56 Å². The molecule has 1 saturated heterocycles. The van der Waals surface area contributed by atoms with Gasteiger partial charge >= 0.3 is 0 Å². The van der Waals surface area contributed by atoms with Gasteiger partial charge in [-0.1, -0.05) is 6.07 Å². The van der Waals surface area contributed by atoms with E-state index in [-0.39, 0.29) is 0 Å². The molecule has 4 heterocycles. The van der Waals surface area contributed by atoms with Gasteiger partial charge < -0.3 is 4.90 Å². The maximum Gasteiger partial charge on any atom is 0.163 e. The molecule has 3 aromatic rings. The van der Waals surface area contributed by atoms with Gasteiger partial charge in [-0.05, 0) is 11.6 Å². The number of pyridine rings is 1. The van der Waals surface area contributed by atoms with Crippen LogP contribution >= 0.6 is 0 Å². The van der Waals surface area contributed by atoms with Crippen LogP contribution in [0.2, 0.25) is 0 Å². The van der Waals surface area contributed by atoms with E-state index in [2.05, 4.69) is 35.9 Å². The zero-order valence-corrected chi connectivity index (χ0v) is 13.1. The molecule has 118 valence electrons. The molecule has 0 radical (unpaired) electrons. The maximum absolute atomic E-state index is 4.49. The molecule has 0 N–H and O–H groups in total. The number of fused-ring (bicyclic) bond motifs is 1. The Kier molecular flexibility index (Phi) is 3.63. The van der Waals surface area contributed by atoms with Crippen molar-refractivity contribution in [1.82, 2.24) is 29.6 Å². The van der Waals surface area contributed by atoms with Crippen LogP contribution < -0.4 is 4.90 Å². The Labute approximate surface area is 134 Å². The number of piperazine rings is 1. The molecule has 1 aliphatic heterocycles. The van der Waals surface area contributed by atoms with Gasteiger partial charge in [0.05, 0.1) is 11.6 Å². The lowest BCUT2D eigenvalue weighted by Gasteiger charge is -2.35. The van der Waals surface area contributed by atoms with Crippen molar-refractivity contribution in [1.29, 1.82) is 0 Å². The minimum atomic E-state index is 0.882. The van der Waals surface area contributed by atoms with Crippen molar-refractivity contribution >= 4 is 16.9 Å². The summed E-state index contributed by atoms with van der Waals surface area (Å²) in [6, 6.07) is 4.12. The van der Waals surface area contributed by atoms with E-state index in [1.54, 1.807) is 11.0 Å². The summed E-state index contributed by atoms with van der Waals surface area (Å²) in [6.45, 7) is 4.90. The molecular weight excluding hydrogens is 290 g/mol. The Hall–Kier alpha value is -2.54. The molecule has 0 atom stereocenters. The van der Waals surface area contributed by atoms with Gasteiger partial charge in [-0.3, -0.25) is 14.6 Å². The summed E-state index contributed by atoms with van der Waals surface area (Å²) < 4.78 is 1.79. The summed E-state index contributed by atoms with van der Waals surface area (Å²) in [6.07, 6.45) is 7.24. The van der Waals surface area contributed by atoms with Gasteiger partial charge in [0, 0.05) is 52.2 Å². The second kappa shape index (κ2) is 5.92. The number of hydrogen-bond donors (Lipinski definition) is 0. The van der Waals surface area contributed by atoms with Crippen LogP contribution in [0, 0.1) is 0 Å². The smallest absolute Gasteiger partial charge is 0.163 e. The monoisotopic (exact) mass is 309 g/mol. The number of aromatic nitrogens is 5. The molecule has 7 heteroatoms. The number of aryl methyl sites for hydroxylation is 1. The molecule has 0 aliphatic carbocycles. The average molecular weight is 309 g/mol. The fraction of sp³-hybridized carbons (Fsp3) is 0.375. The van der Waals surface area contributed by atoms with Crippen molar-refractivity contribution in [2.75, 3.05) is 31.1 Å². The second-order valence-corrected chi connectivity index (χ2v) is 5.83. The number of anilines is 1. The van der Waals surface area contributed by atoms with Gasteiger partial charge in [-0.2, -0.15) is 5.10 Å². The normalized spacial score (nSPS) is 16.1. The van der Waals surface area contributed by atoms with Crippen molar-refractivity contribution < 1.29 is 0 Å². The highest BCUT2D eigenvalue weighted by Crippen LogP contribution is 2.23. The molecule has 0 aromatic carbocycles. The molecule has 0 amide bonds. The van der Waals surface area contributed by atoms with Gasteiger partial charge in [0.2, 0.25) is 0 Å². The van der Waals surface area contributed by atoms with Crippen molar-refractivity contribution in [3.63, 3.8) is 0 Å². The molecule has 1 fully saturated rings. The fourth-order valence-corrected chi connectivity index (χ4v) is 3.07. The van der Waals surface area contributed by atoms with Crippen LogP contribution in [0.5, 0.6) is 0 Å². The highest BCUT2D eigenvalue weighted by Gasteiger charge is 2.20. The fourth-order valence-electron chi connectivity index (χ4n) is 3.07. The third kappa shape index (κ3) is 2.75. The topological polar surface area (TPSA) is 63.0 Å². The Bertz CT molecular complexity index is 791. The molecule has 1 aliphatic rings. The highest BCUT2D eigenvalue weighted by atomic mass is 15.3. The van der Waals surface area contributed by atoms with E-state index in [0.717, 1.165) is 49.6 Å². The van der Waals surface area contributed by atoms with Crippen LogP contribution in [-0.2, 0) is 13.6 Å². The zero-order chi connectivity index (χ0) is 15.6. The molecule has 3 aromatic heterocycles. The lowest BCUT2D eigenvalue weighted by Crippen LogP contribution is -2.46. The standard InChI is InChI=1S/C16H19N7/c1-21-15-14(10-20-21)16(19-12-18-15)23-7-5-22(6-8-23)11-13-3-2-4-17-9-13/h2-4,9-10,12H,5-8,11H2,1H3. The van der Waals surface area contributed by atoms with Crippen LogP contribution in [0.1, 0.15) is 5.56 Å². The molecular formula is C16H19N7. The summed E-state index contributed by atoms with van der Waals surface area (Å²) in [5, 5.41) is 5.32. The quantitative estimate of drug-likeness (QED) is 0.721. The van der Waals surface area contributed by atoms with Crippen molar-refractivity contribution in [3.05, 3.63) is 42.6 Å².